The van der Waals surface area contributed by atoms with Gasteiger partial charge in [-0.15, -0.1) is 0 Å². The van der Waals surface area contributed by atoms with E-state index in [1.807, 2.05) is 60.7 Å². The number of benzene rings is 2. The Morgan fingerprint density at radius 3 is 1.85 bits per heavy atom. The minimum absolute atomic E-state index is 0.854. The first-order valence-corrected chi connectivity index (χ1v) is 9.75. The maximum atomic E-state index is 4.98. The van der Waals surface area contributed by atoms with Gasteiger partial charge in [0.15, 0.2) is 0 Å². The monoisotopic (exact) mass is 464 g/mol. The van der Waals surface area contributed by atoms with E-state index in [0.29, 0.717) is 0 Å². The second kappa shape index (κ2) is 7.52. The fraction of sp³-hybridized carbons (Fsp3) is 0. The molecule has 2 nitrogen and oxygen atoms in total. The molecule has 0 unspecified atom stereocenters. The lowest BCUT2D eigenvalue weighted by molar-refractivity contribution is 1.25. The topological polar surface area (TPSA) is 25.8 Å². The Morgan fingerprint density at radius 2 is 1.19 bits per heavy atom. The molecule has 26 heavy (non-hydrogen) atoms. The molecule has 0 bridgehead atoms. The van der Waals surface area contributed by atoms with Crippen LogP contribution in [-0.2, 0) is 0 Å². The number of pyridine rings is 2. The van der Waals surface area contributed by atoms with Crippen molar-refractivity contribution in [2.24, 2.45) is 0 Å². The summed E-state index contributed by atoms with van der Waals surface area (Å²) in [4.78, 5) is 9.42. The third kappa shape index (κ3) is 3.35. The molecule has 4 rings (SSSR count). The van der Waals surface area contributed by atoms with Crippen LogP contribution in [0.5, 0.6) is 0 Å². The molecule has 2 aromatic carbocycles. The summed E-state index contributed by atoms with van der Waals surface area (Å²) in [7, 11) is 0. The van der Waals surface area contributed by atoms with E-state index in [4.69, 9.17) is 4.98 Å². The second-order valence-electron chi connectivity index (χ2n) is 5.77. The summed E-state index contributed by atoms with van der Waals surface area (Å²) < 4.78 is 2.06. The molecule has 4 aromatic rings. The average Bonchev–Trinajstić information content (AvgIpc) is 2.69. The van der Waals surface area contributed by atoms with Gasteiger partial charge in [-0.3, -0.25) is 4.98 Å². The van der Waals surface area contributed by atoms with Crippen molar-refractivity contribution < 1.29 is 0 Å². The van der Waals surface area contributed by atoms with Crippen molar-refractivity contribution in [1.29, 1.82) is 0 Å². The summed E-state index contributed by atoms with van der Waals surface area (Å²) in [6.45, 7) is 0. The van der Waals surface area contributed by atoms with Crippen molar-refractivity contribution in [2.75, 3.05) is 0 Å². The molecule has 4 heteroatoms. The Bertz CT molecular complexity index is 1060. The van der Waals surface area contributed by atoms with Gasteiger partial charge in [-0.05, 0) is 42.0 Å². The molecular weight excluding hydrogens is 452 g/mol. The standard InChI is InChI=1S/C22H14Br2N2/c23-18-9-3-1-7-15(18)16-12-13-21(20-11-5-6-14-25-20)26-22(16)17-8-2-4-10-19(17)24/h1-14H. The minimum atomic E-state index is 0.854. The Morgan fingerprint density at radius 1 is 0.538 bits per heavy atom. The molecule has 2 aromatic heterocycles. The SMILES string of the molecule is Brc1ccccc1-c1ccc(-c2ccccn2)nc1-c1ccccc1Br. The molecule has 0 saturated carbocycles. The van der Waals surface area contributed by atoms with Crippen molar-refractivity contribution in [3.05, 3.63) is 94.0 Å². The largest absolute Gasteiger partial charge is 0.255 e. The lowest BCUT2D eigenvalue weighted by Crippen LogP contribution is -1.95. The first kappa shape index (κ1) is 17.1. The number of halogens is 2. The minimum Gasteiger partial charge on any atom is -0.255 e. The molecule has 0 saturated heterocycles. The lowest BCUT2D eigenvalue weighted by Gasteiger charge is -2.14. The first-order valence-electron chi connectivity index (χ1n) is 8.16. The molecule has 0 atom stereocenters. The van der Waals surface area contributed by atoms with E-state index >= 15 is 0 Å². The Hall–Kier alpha value is -2.30. The Labute approximate surface area is 169 Å². The van der Waals surface area contributed by atoms with Crippen LogP contribution in [0.25, 0.3) is 33.8 Å². The zero-order chi connectivity index (χ0) is 17.9. The van der Waals surface area contributed by atoms with Gasteiger partial charge < -0.3 is 0 Å². The van der Waals surface area contributed by atoms with Crippen LogP contribution in [0.1, 0.15) is 0 Å². The summed E-state index contributed by atoms with van der Waals surface area (Å²) in [6.07, 6.45) is 1.79. The zero-order valence-corrected chi connectivity index (χ0v) is 16.9. The highest BCUT2D eigenvalue weighted by atomic mass is 79.9. The van der Waals surface area contributed by atoms with Crippen molar-refractivity contribution in [1.82, 2.24) is 9.97 Å². The molecule has 0 aliphatic heterocycles. The third-order valence-electron chi connectivity index (χ3n) is 4.12. The zero-order valence-electron chi connectivity index (χ0n) is 13.7. The van der Waals surface area contributed by atoms with Crippen LogP contribution in [0.2, 0.25) is 0 Å². The summed E-state index contributed by atoms with van der Waals surface area (Å²) in [5.74, 6) is 0. The van der Waals surface area contributed by atoms with Gasteiger partial charge in [0.2, 0.25) is 0 Å². The van der Waals surface area contributed by atoms with Crippen molar-refractivity contribution >= 4 is 31.9 Å². The van der Waals surface area contributed by atoms with E-state index in [1.54, 1.807) is 6.20 Å². The number of hydrogen-bond acceptors (Lipinski definition) is 2. The normalized spacial score (nSPS) is 10.7. The predicted octanol–water partition coefficient (Wildman–Crippen LogP) is 7.00. The van der Waals surface area contributed by atoms with Crippen LogP contribution in [0.4, 0.5) is 0 Å². The Kier molecular flexibility index (Phi) is 4.96. The molecular formula is C22H14Br2N2. The van der Waals surface area contributed by atoms with E-state index in [2.05, 4.69) is 55.0 Å². The van der Waals surface area contributed by atoms with Crippen LogP contribution < -0.4 is 0 Å². The van der Waals surface area contributed by atoms with Crippen molar-refractivity contribution in [3.8, 4) is 33.8 Å². The van der Waals surface area contributed by atoms with E-state index in [-0.39, 0.29) is 0 Å². The van der Waals surface area contributed by atoms with Gasteiger partial charge in [0.05, 0.1) is 17.1 Å². The summed E-state index contributed by atoms with van der Waals surface area (Å²) in [6, 6.07) is 26.4. The van der Waals surface area contributed by atoms with Crippen molar-refractivity contribution in [2.45, 2.75) is 0 Å². The highest BCUT2D eigenvalue weighted by Crippen LogP contribution is 2.38. The number of aromatic nitrogens is 2. The van der Waals surface area contributed by atoms with Gasteiger partial charge in [-0.1, -0.05) is 74.3 Å². The molecule has 0 spiro atoms. The van der Waals surface area contributed by atoms with Gasteiger partial charge in [0.1, 0.15) is 0 Å². The molecule has 0 N–H and O–H groups in total. The van der Waals surface area contributed by atoms with E-state index in [9.17, 15) is 0 Å². The van der Waals surface area contributed by atoms with E-state index in [0.717, 1.165) is 42.7 Å². The van der Waals surface area contributed by atoms with Gasteiger partial charge in [0, 0.05) is 26.3 Å². The Balaban J connectivity index is 1.98. The number of rotatable bonds is 3. The van der Waals surface area contributed by atoms with Crippen LogP contribution in [0.3, 0.4) is 0 Å². The molecule has 0 fully saturated rings. The molecule has 2 heterocycles. The van der Waals surface area contributed by atoms with Crippen LogP contribution in [0, 0.1) is 0 Å². The number of hydrogen-bond donors (Lipinski definition) is 0. The fourth-order valence-corrected chi connectivity index (χ4v) is 3.84. The highest BCUT2D eigenvalue weighted by molar-refractivity contribution is 9.11. The van der Waals surface area contributed by atoms with E-state index < -0.39 is 0 Å². The summed E-state index contributed by atoms with van der Waals surface area (Å²) in [5.41, 5.74) is 5.87. The summed E-state index contributed by atoms with van der Waals surface area (Å²) >= 11 is 7.34. The smallest absolute Gasteiger partial charge is 0.0894 e. The van der Waals surface area contributed by atoms with Crippen molar-refractivity contribution in [3.63, 3.8) is 0 Å². The second-order valence-corrected chi connectivity index (χ2v) is 7.48. The quantitative estimate of drug-likeness (QED) is 0.325. The van der Waals surface area contributed by atoms with Gasteiger partial charge >= 0.3 is 0 Å². The molecule has 0 aliphatic rings. The fourth-order valence-electron chi connectivity index (χ4n) is 2.87. The highest BCUT2D eigenvalue weighted by Gasteiger charge is 2.15. The first-order chi connectivity index (χ1) is 12.7. The summed E-state index contributed by atoms with van der Waals surface area (Å²) in [5, 5.41) is 0. The third-order valence-corrected chi connectivity index (χ3v) is 5.50. The molecule has 126 valence electrons. The maximum Gasteiger partial charge on any atom is 0.0894 e. The van der Waals surface area contributed by atoms with Gasteiger partial charge in [-0.2, -0.15) is 0 Å². The van der Waals surface area contributed by atoms with Crippen LogP contribution in [-0.4, -0.2) is 9.97 Å². The molecule has 0 amide bonds. The average molecular weight is 466 g/mol. The lowest BCUT2D eigenvalue weighted by atomic mass is 9.98. The van der Waals surface area contributed by atoms with Gasteiger partial charge in [-0.25, -0.2) is 4.98 Å². The molecule has 0 radical (unpaired) electrons. The maximum absolute atomic E-state index is 4.98. The van der Waals surface area contributed by atoms with Crippen LogP contribution in [0.15, 0.2) is 94.0 Å². The van der Waals surface area contributed by atoms with E-state index in [1.165, 1.54) is 0 Å². The van der Waals surface area contributed by atoms with Crippen LogP contribution >= 0.6 is 31.9 Å². The molecule has 0 aliphatic carbocycles. The number of nitrogens with zero attached hydrogens (tertiary/aromatic N) is 2. The predicted molar refractivity (Wildman–Crippen MR) is 114 cm³/mol. The van der Waals surface area contributed by atoms with Gasteiger partial charge in [0.25, 0.3) is 0 Å².